The molecule has 2 aromatic carbocycles. The molecule has 0 bridgehead atoms. The number of rotatable bonds is 15. The number of hydrogen-bond donors (Lipinski definition) is 1. The monoisotopic (exact) mass is 423 g/mol. The first-order valence-electron chi connectivity index (χ1n) is 11.8. The van der Waals surface area contributed by atoms with Crippen molar-refractivity contribution in [2.75, 3.05) is 11.9 Å². The van der Waals surface area contributed by atoms with E-state index in [9.17, 15) is 9.59 Å². The van der Waals surface area contributed by atoms with Crippen molar-refractivity contribution in [1.82, 2.24) is 0 Å². The predicted molar refractivity (Wildman–Crippen MR) is 128 cm³/mol. The molecule has 1 N–H and O–H groups in total. The second-order valence-corrected chi connectivity index (χ2v) is 8.01. The number of carbonyl (C=O) groups excluding carboxylic acids is 2. The van der Waals surface area contributed by atoms with Crippen molar-refractivity contribution >= 4 is 17.6 Å². The minimum atomic E-state index is -0.208. The van der Waals surface area contributed by atoms with Crippen LogP contribution in [0.25, 0.3) is 11.1 Å². The maximum Gasteiger partial charge on any atom is 0.305 e. The summed E-state index contributed by atoms with van der Waals surface area (Å²) < 4.78 is 5.29. The number of nitrogens with one attached hydrogen (secondary N) is 1. The molecule has 0 aliphatic carbocycles. The summed E-state index contributed by atoms with van der Waals surface area (Å²) in [5.41, 5.74) is 2.83. The SMILES string of the molecule is CCCCCCCCCCOC(=O)CCCC(=O)Nc1ccccc1-c1ccccc1. The van der Waals surface area contributed by atoms with Crippen molar-refractivity contribution in [2.24, 2.45) is 0 Å². The maximum atomic E-state index is 12.3. The van der Waals surface area contributed by atoms with Crippen molar-refractivity contribution in [1.29, 1.82) is 0 Å². The Morgan fingerprint density at radius 2 is 1.39 bits per heavy atom. The fourth-order valence-electron chi connectivity index (χ4n) is 3.56. The zero-order valence-corrected chi connectivity index (χ0v) is 18.9. The molecule has 0 unspecified atom stereocenters. The highest BCUT2D eigenvalue weighted by Crippen LogP contribution is 2.27. The van der Waals surface area contributed by atoms with E-state index in [0.717, 1.165) is 29.7 Å². The van der Waals surface area contributed by atoms with E-state index in [4.69, 9.17) is 4.74 Å². The molecule has 0 heterocycles. The summed E-state index contributed by atoms with van der Waals surface area (Å²) in [5.74, 6) is -0.292. The van der Waals surface area contributed by atoms with E-state index in [0.29, 0.717) is 19.4 Å². The number of benzene rings is 2. The molecular formula is C27H37NO3. The first-order valence-corrected chi connectivity index (χ1v) is 11.8. The zero-order chi connectivity index (χ0) is 22.2. The first-order chi connectivity index (χ1) is 15.2. The van der Waals surface area contributed by atoms with E-state index in [2.05, 4.69) is 12.2 Å². The molecule has 0 saturated carbocycles. The van der Waals surface area contributed by atoms with Gasteiger partial charge in [0.25, 0.3) is 0 Å². The Morgan fingerprint density at radius 1 is 0.742 bits per heavy atom. The van der Waals surface area contributed by atoms with Crippen molar-refractivity contribution in [3.05, 3.63) is 54.6 Å². The van der Waals surface area contributed by atoms with Gasteiger partial charge in [-0.1, -0.05) is 100 Å². The highest BCUT2D eigenvalue weighted by Gasteiger charge is 2.10. The Hall–Kier alpha value is -2.62. The third-order valence-electron chi connectivity index (χ3n) is 5.33. The van der Waals surface area contributed by atoms with Crippen molar-refractivity contribution in [3.63, 3.8) is 0 Å². The normalized spacial score (nSPS) is 10.6. The van der Waals surface area contributed by atoms with Crippen molar-refractivity contribution in [3.8, 4) is 11.1 Å². The van der Waals surface area contributed by atoms with Gasteiger partial charge in [0, 0.05) is 24.1 Å². The lowest BCUT2D eigenvalue weighted by molar-refractivity contribution is -0.143. The molecule has 1 amide bonds. The van der Waals surface area contributed by atoms with Gasteiger partial charge in [-0.25, -0.2) is 0 Å². The summed E-state index contributed by atoms with van der Waals surface area (Å²) in [6.07, 6.45) is 10.9. The molecule has 0 spiro atoms. The summed E-state index contributed by atoms with van der Waals surface area (Å²) in [4.78, 5) is 24.2. The molecule has 2 aromatic rings. The van der Waals surface area contributed by atoms with E-state index in [1.54, 1.807) is 0 Å². The van der Waals surface area contributed by atoms with Crippen LogP contribution in [-0.4, -0.2) is 18.5 Å². The molecule has 4 heteroatoms. The van der Waals surface area contributed by atoms with Gasteiger partial charge in [0.1, 0.15) is 0 Å². The molecule has 0 fully saturated rings. The molecule has 0 atom stereocenters. The third kappa shape index (κ3) is 10.3. The van der Waals surface area contributed by atoms with Crippen LogP contribution < -0.4 is 5.32 Å². The number of amides is 1. The van der Waals surface area contributed by atoms with Gasteiger partial charge in [0.05, 0.1) is 6.61 Å². The van der Waals surface area contributed by atoms with Gasteiger partial charge in [-0.2, -0.15) is 0 Å². The molecule has 168 valence electrons. The fourth-order valence-corrected chi connectivity index (χ4v) is 3.56. The van der Waals surface area contributed by atoms with Crippen molar-refractivity contribution in [2.45, 2.75) is 77.6 Å². The molecule has 0 aliphatic heterocycles. The lowest BCUT2D eigenvalue weighted by Crippen LogP contribution is -2.13. The second-order valence-electron chi connectivity index (χ2n) is 8.01. The highest BCUT2D eigenvalue weighted by molar-refractivity contribution is 5.95. The Kier molecular flexibility index (Phi) is 12.1. The van der Waals surface area contributed by atoms with Crippen LogP contribution in [0.5, 0.6) is 0 Å². The minimum absolute atomic E-state index is 0.0840. The lowest BCUT2D eigenvalue weighted by Gasteiger charge is -2.11. The minimum Gasteiger partial charge on any atom is -0.466 e. The summed E-state index contributed by atoms with van der Waals surface area (Å²) >= 11 is 0. The maximum absolute atomic E-state index is 12.3. The van der Waals surface area contributed by atoms with Gasteiger partial charge >= 0.3 is 5.97 Å². The van der Waals surface area contributed by atoms with Crippen LogP contribution in [0.3, 0.4) is 0 Å². The summed E-state index contributed by atoms with van der Waals surface area (Å²) in [7, 11) is 0. The average molecular weight is 424 g/mol. The van der Waals surface area contributed by atoms with Gasteiger partial charge in [0.15, 0.2) is 0 Å². The van der Waals surface area contributed by atoms with Crippen LogP contribution in [0, 0.1) is 0 Å². The number of unbranched alkanes of at least 4 members (excludes halogenated alkanes) is 7. The molecule has 2 rings (SSSR count). The second kappa shape index (κ2) is 15.2. The smallest absolute Gasteiger partial charge is 0.305 e. The summed E-state index contributed by atoms with van der Waals surface area (Å²) in [6.45, 7) is 2.72. The number of esters is 1. The van der Waals surface area contributed by atoms with Gasteiger partial charge in [0.2, 0.25) is 5.91 Å². The highest BCUT2D eigenvalue weighted by atomic mass is 16.5. The van der Waals surface area contributed by atoms with Crippen LogP contribution in [0.1, 0.15) is 77.6 Å². The number of para-hydroxylation sites is 1. The fraction of sp³-hybridized carbons (Fsp3) is 0.481. The van der Waals surface area contributed by atoms with Crippen LogP contribution in [0.4, 0.5) is 5.69 Å². The Bertz CT molecular complexity index is 773. The third-order valence-corrected chi connectivity index (χ3v) is 5.33. The first kappa shape index (κ1) is 24.6. The average Bonchev–Trinajstić information content (AvgIpc) is 2.79. The van der Waals surface area contributed by atoms with Gasteiger partial charge in [-0.05, 0) is 24.5 Å². The van der Waals surface area contributed by atoms with Crippen LogP contribution in [0.15, 0.2) is 54.6 Å². The van der Waals surface area contributed by atoms with Gasteiger partial charge < -0.3 is 10.1 Å². The van der Waals surface area contributed by atoms with Gasteiger partial charge in [-0.15, -0.1) is 0 Å². The molecule has 0 radical (unpaired) electrons. The molecule has 31 heavy (non-hydrogen) atoms. The molecule has 4 nitrogen and oxygen atoms in total. The largest absolute Gasteiger partial charge is 0.466 e. The van der Waals surface area contributed by atoms with E-state index in [1.165, 1.54) is 38.5 Å². The topological polar surface area (TPSA) is 55.4 Å². The van der Waals surface area contributed by atoms with Gasteiger partial charge in [-0.3, -0.25) is 9.59 Å². The summed E-state index contributed by atoms with van der Waals surface area (Å²) in [5, 5.41) is 2.98. The predicted octanol–water partition coefficient (Wildman–Crippen LogP) is 7.15. The molecule has 0 aliphatic rings. The van der Waals surface area contributed by atoms with Crippen LogP contribution >= 0.6 is 0 Å². The Labute approximate surface area is 187 Å². The van der Waals surface area contributed by atoms with E-state index in [1.807, 2.05) is 54.6 Å². The Balaban J connectivity index is 1.59. The molecular weight excluding hydrogens is 386 g/mol. The standard InChI is InChI=1S/C27H37NO3/c1-2-3-4-5-6-7-8-14-22-31-27(30)21-15-20-26(29)28-25-19-13-12-18-24(25)23-16-10-9-11-17-23/h9-13,16-19H,2-8,14-15,20-22H2,1H3,(H,28,29). The molecule has 0 saturated heterocycles. The molecule has 0 aromatic heterocycles. The van der Waals surface area contributed by atoms with Crippen LogP contribution in [0.2, 0.25) is 0 Å². The van der Waals surface area contributed by atoms with Crippen molar-refractivity contribution < 1.29 is 14.3 Å². The van der Waals surface area contributed by atoms with Crippen LogP contribution in [-0.2, 0) is 14.3 Å². The number of anilines is 1. The number of carbonyl (C=O) groups is 2. The number of hydrogen-bond acceptors (Lipinski definition) is 3. The summed E-state index contributed by atoms with van der Waals surface area (Å²) in [6, 6.07) is 17.7. The zero-order valence-electron chi connectivity index (χ0n) is 18.9. The van der Waals surface area contributed by atoms with E-state index in [-0.39, 0.29) is 18.3 Å². The van der Waals surface area contributed by atoms with E-state index >= 15 is 0 Å². The lowest BCUT2D eigenvalue weighted by atomic mass is 10.0. The van der Waals surface area contributed by atoms with E-state index < -0.39 is 0 Å². The quantitative estimate of drug-likeness (QED) is 0.244. The Morgan fingerprint density at radius 3 is 2.13 bits per heavy atom. The number of ether oxygens (including phenoxy) is 1.